The molecule has 2 rings (SSSR count). The molecule has 0 aliphatic carbocycles. The average molecular weight is 263 g/mol. The van der Waals surface area contributed by atoms with Gasteiger partial charge in [0.25, 0.3) is 0 Å². The maximum atomic E-state index is 6.00. The van der Waals surface area contributed by atoms with Gasteiger partial charge < -0.3 is 14.8 Å². The van der Waals surface area contributed by atoms with Crippen LogP contribution < -0.4 is 10.1 Å². The minimum atomic E-state index is -0.0587. The van der Waals surface area contributed by atoms with Gasteiger partial charge in [0.05, 0.1) is 12.7 Å². The van der Waals surface area contributed by atoms with Crippen LogP contribution in [0, 0.1) is 0 Å². The molecule has 1 saturated heterocycles. The molecule has 1 aromatic rings. The fraction of sp³-hybridized carbons (Fsp3) is 0.625. The first-order chi connectivity index (χ1) is 9.19. The van der Waals surface area contributed by atoms with Crippen LogP contribution in [0.4, 0.5) is 0 Å². The number of benzene rings is 1. The smallest absolute Gasteiger partial charge is 0.122 e. The zero-order valence-electron chi connectivity index (χ0n) is 12.2. The van der Waals surface area contributed by atoms with E-state index in [2.05, 4.69) is 31.3 Å². The van der Waals surface area contributed by atoms with Gasteiger partial charge >= 0.3 is 0 Å². The van der Waals surface area contributed by atoms with E-state index in [-0.39, 0.29) is 5.60 Å². The molecule has 1 heterocycles. The van der Waals surface area contributed by atoms with Gasteiger partial charge in [-0.2, -0.15) is 0 Å². The molecule has 0 amide bonds. The van der Waals surface area contributed by atoms with Crippen molar-refractivity contribution in [3.8, 4) is 5.75 Å². The van der Waals surface area contributed by atoms with Crippen molar-refractivity contribution < 1.29 is 9.47 Å². The Balaban J connectivity index is 2.16. The number of para-hydroxylation sites is 1. The fourth-order valence-electron chi connectivity index (χ4n) is 2.92. The van der Waals surface area contributed by atoms with Crippen LogP contribution in [0.3, 0.4) is 0 Å². The maximum absolute atomic E-state index is 6.00. The normalized spacial score (nSPS) is 24.4. The fourth-order valence-corrected chi connectivity index (χ4v) is 2.92. The molecule has 3 heteroatoms. The van der Waals surface area contributed by atoms with Crippen LogP contribution in [0.2, 0.25) is 0 Å². The van der Waals surface area contributed by atoms with Crippen LogP contribution >= 0.6 is 0 Å². The second-order valence-corrected chi connectivity index (χ2v) is 5.39. The van der Waals surface area contributed by atoms with Gasteiger partial charge in [0.1, 0.15) is 5.75 Å². The second kappa shape index (κ2) is 6.40. The Bertz CT molecular complexity index is 399. The summed E-state index contributed by atoms with van der Waals surface area (Å²) in [6.07, 6.45) is 3.22. The van der Waals surface area contributed by atoms with Crippen LogP contribution in [0.1, 0.15) is 32.3 Å². The summed E-state index contributed by atoms with van der Waals surface area (Å²) < 4.78 is 11.4. The van der Waals surface area contributed by atoms with Crippen molar-refractivity contribution in [1.29, 1.82) is 0 Å². The average Bonchev–Trinajstić information content (AvgIpc) is 2.87. The van der Waals surface area contributed by atoms with Crippen molar-refractivity contribution >= 4 is 0 Å². The molecule has 2 unspecified atom stereocenters. The molecule has 0 spiro atoms. The zero-order valence-corrected chi connectivity index (χ0v) is 12.2. The van der Waals surface area contributed by atoms with Crippen LogP contribution in [0.5, 0.6) is 5.75 Å². The highest BCUT2D eigenvalue weighted by molar-refractivity contribution is 5.34. The standard InChI is InChI=1S/C16H25NO2/c1-4-17-15(16(2)10-7-11-19-16)12-13-8-5-6-9-14(13)18-3/h5-6,8-9,15,17H,4,7,10-12H2,1-3H3. The molecular formula is C16H25NO2. The molecule has 0 aromatic heterocycles. The minimum Gasteiger partial charge on any atom is -0.496 e. The van der Waals surface area contributed by atoms with E-state index in [9.17, 15) is 0 Å². The second-order valence-electron chi connectivity index (χ2n) is 5.39. The van der Waals surface area contributed by atoms with Crippen molar-refractivity contribution in [3.63, 3.8) is 0 Å². The van der Waals surface area contributed by atoms with E-state index in [1.165, 1.54) is 5.56 Å². The number of hydrogen-bond donors (Lipinski definition) is 1. The molecular weight excluding hydrogens is 238 g/mol. The third-order valence-electron chi connectivity index (χ3n) is 4.05. The summed E-state index contributed by atoms with van der Waals surface area (Å²) >= 11 is 0. The molecule has 1 aliphatic rings. The number of hydrogen-bond acceptors (Lipinski definition) is 3. The number of ether oxygens (including phenoxy) is 2. The summed E-state index contributed by atoms with van der Waals surface area (Å²) in [6.45, 7) is 6.21. The summed E-state index contributed by atoms with van der Waals surface area (Å²) in [7, 11) is 1.73. The number of methoxy groups -OCH3 is 1. The molecule has 1 aromatic carbocycles. The molecule has 0 bridgehead atoms. The van der Waals surface area contributed by atoms with Gasteiger partial charge in [-0.1, -0.05) is 25.1 Å². The first-order valence-electron chi connectivity index (χ1n) is 7.19. The Labute approximate surface area is 116 Å². The molecule has 3 nitrogen and oxygen atoms in total. The summed E-state index contributed by atoms with van der Waals surface area (Å²) in [5, 5.41) is 3.58. The first kappa shape index (κ1) is 14.4. The van der Waals surface area contributed by atoms with E-state index in [0.717, 1.165) is 38.2 Å². The summed E-state index contributed by atoms with van der Waals surface area (Å²) in [6, 6.07) is 8.57. The van der Waals surface area contributed by atoms with E-state index in [1.807, 2.05) is 12.1 Å². The van der Waals surface area contributed by atoms with Crippen molar-refractivity contribution in [1.82, 2.24) is 5.32 Å². The van der Waals surface area contributed by atoms with Crippen molar-refractivity contribution in [2.24, 2.45) is 0 Å². The lowest BCUT2D eigenvalue weighted by Crippen LogP contribution is -2.49. The van der Waals surface area contributed by atoms with Crippen molar-refractivity contribution in [2.75, 3.05) is 20.3 Å². The predicted molar refractivity (Wildman–Crippen MR) is 77.8 cm³/mol. The van der Waals surface area contributed by atoms with E-state index in [1.54, 1.807) is 7.11 Å². The lowest BCUT2D eigenvalue weighted by Gasteiger charge is -2.34. The summed E-state index contributed by atoms with van der Waals surface area (Å²) in [4.78, 5) is 0. The zero-order chi connectivity index (χ0) is 13.7. The van der Waals surface area contributed by atoms with Gasteiger partial charge in [0.15, 0.2) is 0 Å². The Morgan fingerprint density at radius 3 is 2.84 bits per heavy atom. The van der Waals surface area contributed by atoms with Gasteiger partial charge in [0, 0.05) is 12.6 Å². The van der Waals surface area contributed by atoms with E-state index < -0.39 is 0 Å². The van der Waals surface area contributed by atoms with Crippen LogP contribution in [-0.4, -0.2) is 31.9 Å². The van der Waals surface area contributed by atoms with Gasteiger partial charge in [-0.25, -0.2) is 0 Å². The Hall–Kier alpha value is -1.06. The third-order valence-corrected chi connectivity index (χ3v) is 4.05. The molecule has 1 N–H and O–H groups in total. The topological polar surface area (TPSA) is 30.5 Å². The predicted octanol–water partition coefficient (Wildman–Crippen LogP) is 2.78. The molecule has 1 aliphatic heterocycles. The lowest BCUT2D eigenvalue weighted by atomic mass is 9.88. The van der Waals surface area contributed by atoms with Gasteiger partial charge in [0.2, 0.25) is 0 Å². The van der Waals surface area contributed by atoms with Crippen molar-refractivity contribution in [3.05, 3.63) is 29.8 Å². The SMILES string of the molecule is CCNC(Cc1ccccc1OC)C1(C)CCCO1. The molecule has 1 fully saturated rings. The quantitative estimate of drug-likeness (QED) is 0.856. The highest BCUT2D eigenvalue weighted by Gasteiger charge is 2.38. The highest BCUT2D eigenvalue weighted by atomic mass is 16.5. The molecule has 0 saturated carbocycles. The monoisotopic (exact) mass is 263 g/mol. The summed E-state index contributed by atoms with van der Waals surface area (Å²) in [5.74, 6) is 0.965. The molecule has 19 heavy (non-hydrogen) atoms. The van der Waals surface area contributed by atoms with E-state index >= 15 is 0 Å². The van der Waals surface area contributed by atoms with Gasteiger partial charge in [-0.05, 0) is 44.4 Å². The first-order valence-corrected chi connectivity index (χ1v) is 7.19. The Kier molecular flexibility index (Phi) is 4.83. The van der Waals surface area contributed by atoms with E-state index in [4.69, 9.17) is 9.47 Å². The van der Waals surface area contributed by atoms with Crippen molar-refractivity contribution in [2.45, 2.75) is 44.8 Å². The van der Waals surface area contributed by atoms with Crippen LogP contribution in [0.15, 0.2) is 24.3 Å². The maximum Gasteiger partial charge on any atom is 0.122 e. The summed E-state index contributed by atoms with van der Waals surface area (Å²) in [5.41, 5.74) is 1.18. The minimum absolute atomic E-state index is 0.0587. The number of likely N-dealkylation sites (N-methyl/N-ethyl adjacent to an activating group) is 1. The number of nitrogens with one attached hydrogen (secondary N) is 1. The van der Waals surface area contributed by atoms with Crippen LogP contribution in [-0.2, 0) is 11.2 Å². The Morgan fingerprint density at radius 2 is 2.21 bits per heavy atom. The molecule has 0 radical (unpaired) electrons. The Morgan fingerprint density at radius 1 is 1.42 bits per heavy atom. The third kappa shape index (κ3) is 3.28. The lowest BCUT2D eigenvalue weighted by molar-refractivity contribution is -0.0111. The highest BCUT2D eigenvalue weighted by Crippen LogP contribution is 2.31. The van der Waals surface area contributed by atoms with E-state index in [0.29, 0.717) is 6.04 Å². The van der Waals surface area contributed by atoms with Crippen LogP contribution in [0.25, 0.3) is 0 Å². The molecule has 106 valence electrons. The molecule has 2 atom stereocenters. The largest absolute Gasteiger partial charge is 0.496 e. The van der Waals surface area contributed by atoms with Gasteiger partial charge in [-0.15, -0.1) is 0 Å². The number of rotatable bonds is 6. The van der Waals surface area contributed by atoms with Gasteiger partial charge in [-0.3, -0.25) is 0 Å².